The highest BCUT2D eigenvalue weighted by Crippen LogP contribution is 2.19. The molecule has 0 aliphatic carbocycles. The fourth-order valence-corrected chi connectivity index (χ4v) is 1.43. The second-order valence-corrected chi connectivity index (χ2v) is 4.73. The summed E-state index contributed by atoms with van der Waals surface area (Å²) >= 11 is 0. The van der Waals surface area contributed by atoms with Gasteiger partial charge in [0.15, 0.2) is 5.60 Å². The van der Waals surface area contributed by atoms with Gasteiger partial charge in [-0.25, -0.2) is 4.79 Å². The third-order valence-corrected chi connectivity index (χ3v) is 2.56. The number of hydrogen-bond acceptors (Lipinski definition) is 10. The number of ether oxygens (including phenoxy) is 3. The summed E-state index contributed by atoms with van der Waals surface area (Å²) in [5.41, 5.74) is -2.26. The molecule has 0 bridgehead atoms. The fraction of sp³-hybridized carbons (Fsp3) is 0.800. The number of carbonyl (C=O) groups is 3. The standard InChI is InChI=1S/C12H20O7.C3H8O3/c1-4-17-9(13)7-12(16,11(15)19-6-3)8-10(14)18-5-2;4-1-3(6)2-5/h16H,4-8H2,1-3H3;3-6H,1-2H2. The van der Waals surface area contributed by atoms with Crippen LogP contribution in [0.2, 0.25) is 0 Å². The van der Waals surface area contributed by atoms with Crippen LogP contribution in [-0.4, -0.2) is 83.1 Å². The monoisotopic (exact) mass is 368 g/mol. The highest BCUT2D eigenvalue weighted by molar-refractivity contribution is 5.90. The van der Waals surface area contributed by atoms with Gasteiger partial charge in [-0.2, -0.15) is 0 Å². The van der Waals surface area contributed by atoms with Crippen molar-refractivity contribution in [2.24, 2.45) is 0 Å². The Bertz CT molecular complexity index is 372. The largest absolute Gasteiger partial charge is 0.466 e. The molecule has 0 heterocycles. The normalized spacial score (nSPS) is 10.6. The predicted molar refractivity (Wildman–Crippen MR) is 84.3 cm³/mol. The zero-order valence-electron chi connectivity index (χ0n) is 14.8. The molecule has 0 aromatic heterocycles. The van der Waals surface area contributed by atoms with Crippen LogP contribution >= 0.6 is 0 Å². The Kier molecular flexibility index (Phi) is 14.9. The van der Waals surface area contributed by atoms with Crippen LogP contribution in [0, 0.1) is 0 Å². The Labute approximate surface area is 146 Å². The Hall–Kier alpha value is -1.75. The smallest absolute Gasteiger partial charge is 0.339 e. The van der Waals surface area contributed by atoms with Gasteiger partial charge in [0.2, 0.25) is 0 Å². The number of rotatable bonds is 10. The Morgan fingerprint density at radius 2 is 1.20 bits per heavy atom. The highest BCUT2D eigenvalue weighted by atomic mass is 16.6. The van der Waals surface area contributed by atoms with Crippen LogP contribution in [-0.2, 0) is 28.6 Å². The summed E-state index contributed by atoms with van der Waals surface area (Å²) in [6.45, 7) is 4.24. The molecule has 0 fully saturated rings. The van der Waals surface area contributed by atoms with Gasteiger partial charge in [0, 0.05) is 0 Å². The van der Waals surface area contributed by atoms with Crippen LogP contribution in [0.1, 0.15) is 33.6 Å². The van der Waals surface area contributed by atoms with Crippen LogP contribution in [0.5, 0.6) is 0 Å². The van der Waals surface area contributed by atoms with E-state index in [-0.39, 0.29) is 33.0 Å². The maximum absolute atomic E-state index is 11.7. The lowest BCUT2D eigenvalue weighted by atomic mass is 9.95. The highest BCUT2D eigenvalue weighted by Gasteiger charge is 2.43. The van der Waals surface area contributed by atoms with Crippen molar-refractivity contribution in [2.45, 2.75) is 45.3 Å². The summed E-state index contributed by atoms with van der Waals surface area (Å²) in [6.07, 6.45) is -2.26. The molecule has 0 spiro atoms. The molecule has 0 rings (SSSR count). The first-order valence-electron chi connectivity index (χ1n) is 7.81. The van der Waals surface area contributed by atoms with Gasteiger partial charge in [-0.05, 0) is 20.8 Å². The second-order valence-electron chi connectivity index (χ2n) is 4.73. The topological polar surface area (TPSA) is 160 Å². The molecular weight excluding hydrogens is 340 g/mol. The molecule has 10 nitrogen and oxygen atoms in total. The number of carbonyl (C=O) groups excluding carboxylic acids is 3. The van der Waals surface area contributed by atoms with Crippen LogP contribution < -0.4 is 0 Å². The third-order valence-electron chi connectivity index (χ3n) is 2.56. The number of esters is 3. The van der Waals surface area contributed by atoms with Crippen molar-refractivity contribution in [3.63, 3.8) is 0 Å². The number of hydrogen-bond donors (Lipinski definition) is 4. The summed E-state index contributed by atoms with van der Waals surface area (Å²) in [5, 5.41) is 34.1. The zero-order valence-corrected chi connectivity index (χ0v) is 14.8. The molecule has 25 heavy (non-hydrogen) atoms. The lowest BCUT2D eigenvalue weighted by Crippen LogP contribution is -2.44. The average molecular weight is 368 g/mol. The molecule has 0 atom stereocenters. The fourth-order valence-electron chi connectivity index (χ4n) is 1.43. The van der Waals surface area contributed by atoms with Gasteiger partial charge in [-0.3, -0.25) is 9.59 Å². The van der Waals surface area contributed by atoms with Crippen LogP contribution in [0.15, 0.2) is 0 Å². The first kappa shape index (κ1) is 25.5. The minimum Gasteiger partial charge on any atom is -0.466 e. The summed E-state index contributed by atoms with van der Waals surface area (Å²) < 4.78 is 14.0. The molecule has 4 N–H and O–H groups in total. The zero-order chi connectivity index (χ0) is 19.9. The van der Waals surface area contributed by atoms with Crippen molar-refractivity contribution < 1.29 is 49.0 Å². The summed E-state index contributed by atoms with van der Waals surface area (Å²) in [5.74, 6) is -2.62. The SMILES string of the molecule is CCOC(=O)CC(O)(CC(=O)OCC)C(=O)OCC.OCC(O)CO. The quantitative estimate of drug-likeness (QED) is 0.264. The molecule has 0 aliphatic rings. The van der Waals surface area contributed by atoms with Gasteiger partial charge in [0.05, 0.1) is 45.9 Å². The molecular formula is C15H28O10. The van der Waals surface area contributed by atoms with E-state index < -0.39 is 42.5 Å². The van der Waals surface area contributed by atoms with Crippen molar-refractivity contribution in [3.8, 4) is 0 Å². The van der Waals surface area contributed by atoms with Crippen LogP contribution in [0.25, 0.3) is 0 Å². The summed E-state index contributed by atoms with van der Waals surface area (Å²) in [4.78, 5) is 34.4. The van der Waals surface area contributed by atoms with Crippen molar-refractivity contribution in [2.75, 3.05) is 33.0 Å². The molecule has 0 amide bonds. The van der Waals surface area contributed by atoms with E-state index in [4.69, 9.17) is 15.3 Å². The molecule has 0 aliphatic heterocycles. The van der Waals surface area contributed by atoms with Gasteiger partial charge in [-0.15, -0.1) is 0 Å². The molecule has 0 radical (unpaired) electrons. The first-order valence-corrected chi connectivity index (χ1v) is 7.81. The van der Waals surface area contributed by atoms with Gasteiger partial charge in [-0.1, -0.05) is 0 Å². The van der Waals surface area contributed by atoms with Gasteiger partial charge < -0.3 is 34.6 Å². The van der Waals surface area contributed by atoms with Crippen LogP contribution in [0.4, 0.5) is 0 Å². The van der Waals surface area contributed by atoms with Gasteiger partial charge in [0.1, 0.15) is 6.10 Å². The molecule has 0 unspecified atom stereocenters. The molecule has 0 saturated carbocycles. The van der Waals surface area contributed by atoms with Crippen LogP contribution in [0.3, 0.4) is 0 Å². The van der Waals surface area contributed by atoms with E-state index in [0.29, 0.717) is 0 Å². The van der Waals surface area contributed by atoms with E-state index in [1.54, 1.807) is 20.8 Å². The predicted octanol–water partition coefficient (Wildman–Crippen LogP) is -1.48. The van der Waals surface area contributed by atoms with E-state index >= 15 is 0 Å². The van der Waals surface area contributed by atoms with E-state index in [2.05, 4.69) is 14.2 Å². The number of aliphatic hydroxyl groups excluding tert-OH is 3. The maximum Gasteiger partial charge on any atom is 0.339 e. The van der Waals surface area contributed by atoms with Gasteiger partial charge >= 0.3 is 17.9 Å². The third kappa shape index (κ3) is 12.3. The lowest BCUT2D eigenvalue weighted by molar-refractivity contribution is -0.177. The second kappa shape index (κ2) is 14.6. The Balaban J connectivity index is 0. The van der Waals surface area contributed by atoms with Crippen molar-refractivity contribution in [1.29, 1.82) is 0 Å². The van der Waals surface area contributed by atoms with Crippen molar-refractivity contribution >= 4 is 17.9 Å². The Morgan fingerprint density at radius 3 is 1.44 bits per heavy atom. The van der Waals surface area contributed by atoms with Gasteiger partial charge in [0.25, 0.3) is 0 Å². The van der Waals surface area contributed by atoms with Crippen molar-refractivity contribution in [1.82, 2.24) is 0 Å². The minimum atomic E-state index is -2.26. The first-order chi connectivity index (χ1) is 11.7. The average Bonchev–Trinajstić information content (AvgIpc) is 2.55. The van der Waals surface area contributed by atoms with E-state index in [1.807, 2.05) is 0 Å². The van der Waals surface area contributed by atoms with E-state index in [9.17, 15) is 19.5 Å². The van der Waals surface area contributed by atoms with E-state index in [1.165, 1.54) is 0 Å². The summed E-state index contributed by atoms with van der Waals surface area (Å²) in [6, 6.07) is 0. The minimum absolute atomic E-state index is 0.0206. The summed E-state index contributed by atoms with van der Waals surface area (Å²) in [7, 11) is 0. The maximum atomic E-state index is 11.7. The molecule has 148 valence electrons. The Morgan fingerprint density at radius 1 is 0.840 bits per heavy atom. The molecule has 0 saturated heterocycles. The number of aliphatic hydroxyl groups is 4. The lowest BCUT2D eigenvalue weighted by Gasteiger charge is -2.23. The van der Waals surface area contributed by atoms with Crippen molar-refractivity contribution in [3.05, 3.63) is 0 Å². The van der Waals surface area contributed by atoms with E-state index in [0.717, 1.165) is 0 Å². The molecule has 0 aromatic carbocycles. The molecule has 0 aromatic rings. The molecule has 10 heteroatoms.